The summed E-state index contributed by atoms with van der Waals surface area (Å²) in [5.74, 6) is 1.49. The van der Waals surface area contributed by atoms with Gasteiger partial charge in [0.05, 0.1) is 30.8 Å². The second-order valence-corrected chi connectivity index (χ2v) is 8.06. The van der Waals surface area contributed by atoms with Gasteiger partial charge in [-0.05, 0) is 23.6 Å². The Bertz CT molecular complexity index is 1140. The van der Waals surface area contributed by atoms with Crippen LogP contribution in [-0.2, 0) is 22.2 Å². The van der Waals surface area contributed by atoms with Crippen molar-refractivity contribution in [2.24, 2.45) is 0 Å². The molecule has 2 aliphatic heterocycles. The second-order valence-electron chi connectivity index (χ2n) is 7.12. The van der Waals surface area contributed by atoms with Gasteiger partial charge in [0.15, 0.2) is 0 Å². The molecule has 12 heteroatoms. The van der Waals surface area contributed by atoms with Crippen molar-refractivity contribution in [1.29, 1.82) is 0 Å². The molecule has 1 saturated heterocycles. The van der Waals surface area contributed by atoms with E-state index >= 15 is 0 Å². The van der Waals surface area contributed by atoms with Gasteiger partial charge in [-0.25, -0.2) is 15.0 Å². The quantitative estimate of drug-likeness (QED) is 0.572. The third-order valence-corrected chi connectivity index (χ3v) is 5.86. The monoisotopic (exact) mass is 439 g/mol. The van der Waals surface area contributed by atoms with Gasteiger partial charge in [-0.15, -0.1) is 0 Å². The van der Waals surface area contributed by atoms with E-state index in [1.807, 2.05) is 4.90 Å². The number of ether oxygens (including phenoxy) is 1. The zero-order valence-electron chi connectivity index (χ0n) is 16.5. The molecule has 0 aliphatic carbocycles. The van der Waals surface area contributed by atoms with Crippen LogP contribution in [0.5, 0.6) is 0 Å². The fourth-order valence-corrected chi connectivity index (χ4v) is 4.11. The number of anilines is 4. The Labute approximate surface area is 180 Å². The first kappa shape index (κ1) is 19.7. The molecule has 5 heterocycles. The van der Waals surface area contributed by atoms with Crippen molar-refractivity contribution in [1.82, 2.24) is 24.9 Å². The highest BCUT2D eigenvalue weighted by molar-refractivity contribution is 7.79. The lowest BCUT2D eigenvalue weighted by Gasteiger charge is -2.28. The van der Waals surface area contributed by atoms with E-state index in [1.165, 1.54) is 6.20 Å². The standard InChI is InChI=1S/C19H20N8O3S/c20-18-22-8-12(9-23-18)16-15-1-2-27(13-7-14(31(28)29)11-21-10-13)17(15)25-19(24-16)26-3-5-30-6-4-26/h7-11H,1-6H2,(H,28,29)(H2,20,22,23)/p-1. The first-order valence-electron chi connectivity index (χ1n) is 9.73. The number of aromatic nitrogens is 5. The number of nitrogens with two attached hydrogens (primary N) is 1. The van der Waals surface area contributed by atoms with Crippen molar-refractivity contribution < 1.29 is 13.5 Å². The van der Waals surface area contributed by atoms with Gasteiger partial charge in [0.2, 0.25) is 11.9 Å². The van der Waals surface area contributed by atoms with E-state index in [0.717, 1.165) is 22.6 Å². The lowest BCUT2D eigenvalue weighted by molar-refractivity contribution is 0.122. The van der Waals surface area contributed by atoms with E-state index in [4.69, 9.17) is 20.4 Å². The molecule has 1 fully saturated rings. The van der Waals surface area contributed by atoms with E-state index in [1.54, 1.807) is 24.7 Å². The predicted octanol–water partition coefficient (Wildman–Crippen LogP) is 0.680. The molecule has 0 saturated carbocycles. The van der Waals surface area contributed by atoms with Gasteiger partial charge in [0.25, 0.3) is 0 Å². The van der Waals surface area contributed by atoms with E-state index < -0.39 is 11.1 Å². The van der Waals surface area contributed by atoms with Crippen LogP contribution in [0.1, 0.15) is 5.56 Å². The van der Waals surface area contributed by atoms with Crippen molar-refractivity contribution in [3.8, 4) is 11.3 Å². The minimum atomic E-state index is -2.36. The Hall–Kier alpha value is -3.22. The second kappa shape index (κ2) is 8.13. The number of hydrogen-bond acceptors (Lipinski definition) is 11. The van der Waals surface area contributed by atoms with E-state index in [9.17, 15) is 8.76 Å². The van der Waals surface area contributed by atoms with Gasteiger partial charge in [0.1, 0.15) is 5.82 Å². The summed E-state index contributed by atoms with van der Waals surface area (Å²) in [4.78, 5) is 26.2. The number of hydrogen-bond donors (Lipinski definition) is 1. The highest BCUT2D eigenvalue weighted by Crippen LogP contribution is 2.39. The first-order chi connectivity index (χ1) is 15.1. The van der Waals surface area contributed by atoms with Crippen molar-refractivity contribution in [3.05, 3.63) is 36.4 Å². The Balaban J connectivity index is 1.63. The topological polar surface area (TPSA) is 146 Å². The van der Waals surface area contributed by atoms with Gasteiger partial charge in [-0.1, -0.05) is 0 Å². The molecule has 2 aliphatic rings. The van der Waals surface area contributed by atoms with Crippen LogP contribution < -0.4 is 15.5 Å². The molecule has 2 N–H and O–H groups in total. The highest BCUT2D eigenvalue weighted by atomic mass is 32.2. The third-order valence-electron chi connectivity index (χ3n) is 5.26. The summed E-state index contributed by atoms with van der Waals surface area (Å²) in [5, 5.41) is 0. The molecule has 1 unspecified atom stereocenters. The van der Waals surface area contributed by atoms with Crippen molar-refractivity contribution in [2.75, 3.05) is 48.4 Å². The van der Waals surface area contributed by atoms with Crippen LogP contribution in [0.25, 0.3) is 11.3 Å². The molecular weight excluding hydrogens is 420 g/mol. The average molecular weight is 439 g/mol. The lowest BCUT2D eigenvalue weighted by atomic mass is 10.1. The fourth-order valence-electron chi connectivity index (χ4n) is 3.74. The molecule has 0 bridgehead atoms. The maximum atomic E-state index is 11.4. The van der Waals surface area contributed by atoms with Gasteiger partial charge in [0, 0.05) is 54.2 Å². The van der Waals surface area contributed by atoms with Crippen LogP contribution in [0.15, 0.2) is 35.7 Å². The SMILES string of the molecule is Nc1ncc(-c2nc(N3CCOCC3)nc3c2CCN3c2cncc(S(=O)[O-])c2)cn1. The summed E-state index contributed by atoms with van der Waals surface area (Å²) < 4.78 is 28.3. The fraction of sp³-hybridized carbons (Fsp3) is 0.316. The van der Waals surface area contributed by atoms with E-state index in [2.05, 4.69) is 19.9 Å². The number of nitrogens with zero attached hydrogens (tertiary/aromatic N) is 7. The number of nitrogen functional groups attached to an aromatic ring is 1. The Morgan fingerprint density at radius 3 is 2.58 bits per heavy atom. The van der Waals surface area contributed by atoms with Crippen LogP contribution >= 0.6 is 0 Å². The number of fused-ring (bicyclic) bond motifs is 1. The van der Waals surface area contributed by atoms with Crippen LogP contribution in [0, 0.1) is 0 Å². The predicted molar refractivity (Wildman–Crippen MR) is 113 cm³/mol. The van der Waals surface area contributed by atoms with E-state index in [-0.39, 0.29) is 10.8 Å². The summed E-state index contributed by atoms with van der Waals surface area (Å²) in [5.41, 5.74) is 8.75. The summed E-state index contributed by atoms with van der Waals surface area (Å²) in [6, 6.07) is 1.59. The molecule has 3 aromatic rings. The average Bonchev–Trinajstić information content (AvgIpc) is 3.24. The molecule has 0 aromatic carbocycles. The lowest BCUT2D eigenvalue weighted by Crippen LogP contribution is -2.37. The molecular formula is C19H19N8O3S-. The summed E-state index contributed by atoms with van der Waals surface area (Å²) in [6.45, 7) is 3.19. The molecule has 0 amide bonds. The molecule has 0 radical (unpaired) electrons. The van der Waals surface area contributed by atoms with Crippen molar-refractivity contribution in [3.63, 3.8) is 0 Å². The maximum absolute atomic E-state index is 11.4. The Kier molecular flexibility index (Phi) is 5.18. The van der Waals surface area contributed by atoms with Crippen LogP contribution in [0.3, 0.4) is 0 Å². The third kappa shape index (κ3) is 3.80. The Morgan fingerprint density at radius 2 is 1.84 bits per heavy atom. The van der Waals surface area contributed by atoms with E-state index in [0.29, 0.717) is 50.9 Å². The van der Waals surface area contributed by atoms with Crippen molar-refractivity contribution >= 4 is 34.5 Å². The molecule has 0 spiro atoms. The molecule has 5 rings (SSSR count). The van der Waals surface area contributed by atoms with Gasteiger partial charge in [-0.3, -0.25) is 9.19 Å². The molecule has 11 nitrogen and oxygen atoms in total. The number of rotatable bonds is 4. The first-order valence-corrected chi connectivity index (χ1v) is 10.8. The molecule has 1 atom stereocenters. The largest absolute Gasteiger partial charge is 0.768 e. The zero-order valence-corrected chi connectivity index (χ0v) is 17.3. The zero-order chi connectivity index (χ0) is 21.4. The van der Waals surface area contributed by atoms with Gasteiger partial charge in [-0.2, -0.15) is 4.98 Å². The maximum Gasteiger partial charge on any atom is 0.228 e. The smallest absolute Gasteiger partial charge is 0.228 e. The number of pyridine rings is 1. The van der Waals surface area contributed by atoms with Crippen LogP contribution in [-0.4, -0.2) is 66.5 Å². The molecule has 3 aromatic heterocycles. The van der Waals surface area contributed by atoms with Crippen LogP contribution in [0.4, 0.5) is 23.4 Å². The minimum absolute atomic E-state index is 0.126. The summed E-state index contributed by atoms with van der Waals surface area (Å²) in [7, 11) is 0. The minimum Gasteiger partial charge on any atom is -0.768 e. The Morgan fingerprint density at radius 1 is 1.06 bits per heavy atom. The summed E-state index contributed by atoms with van der Waals surface area (Å²) >= 11 is -2.36. The normalized spacial score (nSPS) is 16.9. The highest BCUT2D eigenvalue weighted by Gasteiger charge is 2.29. The van der Waals surface area contributed by atoms with Crippen molar-refractivity contribution in [2.45, 2.75) is 11.3 Å². The van der Waals surface area contributed by atoms with Crippen LogP contribution in [0.2, 0.25) is 0 Å². The molecule has 31 heavy (non-hydrogen) atoms. The van der Waals surface area contributed by atoms with Gasteiger partial charge < -0.3 is 24.8 Å². The summed E-state index contributed by atoms with van der Waals surface area (Å²) in [6.07, 6.45) is 6.94. The number of morpholine rings is 1. The molecule has 160 valence electrons. The van der Waals surface area contributed by atoms with Gasteiger partial charge >= 0.3 is 0 Å².